The monoisotopic (exact) mass is 213 g/mol. The van der Waals surface area contributed by atoms with Gasteiger partial charge in [-0.05, 0) is 24.6 Å². The first kappa shape index (κ1) is 11.5. The molecule has 0 radical (unpaired) electrons. The summed E-state index contributed by atoms with van der Waals surface area (Å²) in [6, 6.07) is 3.82. The van der Waals surface area contributed by atoms with Crippen LogP contribution < -0.4 is 5.32 Å². The average molecular weight is 213 g/mol. The van der Waals surface area contributed by atoms with Gasteiger partial charge in [0.25, 0.3) is 0 Å². The van der Waals surface area contributed by atoms with E-state index in [1.165, 1.54) is 12.1 Å². The number of aromatic carboxylic acids is 1. The minimum atomic E-state index is -1.28. The second kappa shape index (κ2) is 5.31. The molecule has 1 aromatic carbocycles. The van der Waals surface area contributed by atoms with Crippen LogP contribution in [0.2, 0.25) is 0 Å². The highest BCUT2D eigenvalue weighted by atomic mass is 19.1. The predicted octanol–water partition coefficient (Wildman–Crippen LogP) is 1.32. The first-order valence-corrected chi connectivity index (χ1v) is 4.52. The highest BCUT2D eigenvalue weighted by Crippen LogP contribution is 2.14. The maximum Gasteiger partial charge on any atom is 0.338 e. The van der Waals surface area contributed by atoms with E-state index in [1.807, 2.05) is 0 Å². The Hall–Kier alpha value is -1.62. The standard InChI is InChI=1S/C10H12FNO3/c11-9-6-7(12-4-1-5-13)2-3-8(9)10(14)15/h2-3,6,12-13H,1,4-5H2,(H,14,15). The molecule has 0 spiro atoms. The lowest BCUT2D eigenvalue weighted by Crippen LogP contribution is -2.05. The van der Waals surface area contributed by atoms with Crippen molar-refractivity contribution in [3.05, 3.63) is 29.6 Å². The van der Waals surface area contributed by atoms with E-state index in [4.69, 9.17) is 10.2 Å². The topological polar surface area (TPSA) is 69.6 Å². The van der Waals surface area contributed by atoms with Gasteiger partial charge in [0.2, 0.25) is 0 Å². The molecule has 0 bridgehead atoms. The zero-order valence-electron chi connectivity index (χ0n) is 8.03. The molecular formula is C10H12FNO3. The lowest BCUT2D eigenvalue weighted by Gasteiger charge is -2.06. The fraction of sp³-hybridized carbons (Fsp3) is 0.300. The van der Waals surface area contributed by atoms with Gasteiger partial charge in [-0.15, -0.1) is 0 Å². The molecule has 0 atom stereocenters. The van der Waals surface area contributed by atoms with Crippen LogP contribution in [-0.2, 0) is 0 Å². The van der Waals surface area contributed by atoms with Crippen molar-refractivity contribution < 1.29 is 19.4 Å². The van der Waals surface area contributed by atoms with Crippen LogP contribution in [0.1, 0.15) is 16.8 Å². The highest BCUT2D eigenvalue weighted by molar-refractivity contribution is 5.88. The molecular weight excluding hydrogens is 201 g/mol. The van der Waals surface area contributed by atoms with E-state index in [1.54, 1.807) is 0 Å². The molecule has 0 aliphatic heterocycles. The Labute approximate surface area is 86.4 Å². The average Bonchev–Trinajstić information content (AvgIpc) is 2.17. The van der Waals surface area contributed by atoms with E-state index in [2.05, 4.69) is 5.32 Å². The number of carboxylic acid groups (broad SMARTS) is 1. The van der Waals surface area contributed by atoms with Crippen LogP contribution >= 0.6 is 0 Å². The quantitative estimate of drug-likeness (QED) is 0.645. The van der Waals surface area contributed by atoms with Gasteiger partial charge in [-0.2, -0.15) is 0 Å². The van der Waals surface area contributed by atoms with Crippen LogP contribution in [0.15, 0.2) is 18.2 Å². The van der Waals surface area contributed by atoms with Crippen LogP contribution in [0.5, 0.6) is 0 Å². The van der Waals surface area contributed by atoms with Crippen molar-refractivity contribution in [2.75, 3.05) is 18.5 Å². The van der Waals surface area contributed by atoms with Crippen molar-refractivity contribution in [3.8, 4) is 0 Å². The van der Waals surface area contributed by atoms with Crippen molar-refractivity contribution in [1.82, 2.24) is 0 Å². The van der Waals surface area contributed by atoms with Gasteiger partial charge in [-0.1, -0.05) is 0 Å². The van der Waals surface area contributed by atoms with Gasteiger partial charge in [-0.25, -0.2) is 9.18 Å². The van der Waals surface area contributed by atoms with Crippen LogP contribution in [-0.4, -0.2) is 29.3 Å². The Bertz CT molecular complexity index is 355. The number of hydrogen-bond acceptors (Lipinski definition) is 3. The molecule has 5 heteroatoms. The molecule has 0 unspecified atom stereocenters. The van der Waals surface area contributed by atoms with Crippen molar-refractivity contribution >= 4 is 11.7 Å². The van der Waals surface area contributed by atoms with E-state index in [-0.39, 0.29) is 12.2 Å². The summed E-state index contributed by atoms with van der Waals surface area (Å²) in [5, 5.41) is 20.0. The lowest BCUT2D eigenvalue weighted by atomic mass is 10.2. The second-order valence-corrected chi connectivity index (χ2v) is 3.00. The zero-order chi connectivity index (χ0) is 11.3. The van der Waals surface area contributed by atoms with Crippen LogP contribution in [0.4, 0.5) is 10.1 Å². The number of hydrogen-bond donors (Lipinski definition) is 3. The molecule has 82 valence electrons. The van der Waals surface area contributed by atoms with E-state index in [9.17, 15) is 9.18 Å². The van der Waals surface area contributed by atoms with Crippen molar-refractivity contribution in [3.63, 3.8) is 0 Å². The Morgan fingerprint density at radius 1 is 1.47 bits per heavy atom. The van der Waals surface area contributed by atoms with Gasteiger partial charge < -0.3 is 15.5 Å². The fourth-order valence-electron chi connectivity index (χ4n) is 1.11. The summed E-state index contributed by atoms with van der Waals surface area (Å²) >= 11 is 0. The van der Waals surface area contributed by atoms with E-state index in [0.29, 0.717) is 18.7 Å². The van der Waals surface area contributed by atoms with Crippen molar-refractivity contribution in [1.29, 1.82) is 0 Å². The molecule has 15 heavy (non-hydrogen) atoms. The Morgan fingerprint density at radius 2 is 2.20 bits per heavy atom. The second-order valence-electron chi connectivity index (χ2n) is 3.00. The Balaban J connectivity index is 2.69. The molecule has 1 aromatic rings. The number of benzene rings is 1. The van der Waals surface area contributed by atoms with Crippen LogP contribution in [0, 0.1) is 5.82 Å². The van der Waals surface area contributed by atoms with Crippen LogP contribution in [0.3, 0.4) is 0 Å². The number of aliphatic hydroxyl groups is 1. The summed E-state index contributed by atoms with van der Waals surface area (Å²) < 4.78 is 13.1. The third-order valence-corrected chi connectivity index (χ3v) is 1.86. The van der Waals surface area contributed by atoms with Gasteiger partial charge in [0.05, 0.1) is 5.56 Å². The van der Waals surface area contributed by atoms with E-state index >= 15 is 0 Å². The van der Waals surface area contributed by atoms with Gasteiger partial charge in [0.1, 0.15) is 5.82 Å². The number of rotatable bonds is 5. The minimum absolute atomic E-state index is 0.0582. The molecule has 0 aliphatic carbocycles. The number of halogens is 1. The Morgan fingerprint density at radius 3 is 2.73 bits per heavy atom. The Kier molecular flexibility index (Phi) is 4.05. The number of carbonyl (C=O) groups is 1. The molecule has 0 aromatic heterocycles. The third kappa shape index (κ3) is 3.21. The smallest absolute Gasteiger partial charge is 0.338 e. The summed E-state index contributed by atoms with van der Waals surface area (Å²) in [5.74, 6) is -2.05. The first-order valence-electron chi connectivity index (χ1n) is 4.52. The maximum absolute atomic E-state index is 13.1. The first-order chi connectivity index (χ1) is 7.15. The third-order valence-electron chi connectivity index (χ3n) is 1.86. The molecule has 1 rings (SSSR count). The van der Waals surface area contributed by atoms with Gasteiger partial charge in [0.15, 0.2) is 0 Å². The summed E-state index contributed by atoms with van der Waals surface area (Å²) in [6.07, 6.45) is 0.558. The van der Waals surface area contributed by atoms with Gasteiger partial charge in [0, 0.05) is 18.8 Å². The lowest BCUT2D eigenvalue weighted by molar-refractivity contribution is 0.0692. The number of carboxylic acids is 1. The molecule has 0 amide bonds. The summed E-state index contributed by atoms with van der Waals surface area (Å²) in [5.41, 5.74) is 0.161. The SMILES string of the molecule is O=C(O)c1ccc(NCCCO)cc1F. The molecule has 0 fully saturated rings. The number of aliphatic hydroxyl groups excluding tert-OH is 1. The number of nitrogens with one attached hydrogen (secondary N) is 1. The summed E-state index contributed by atoms with van der Waals surface area (Å²) in [6.45, 7) is 0.574. The predicted molar refractivity (Wildman–Crippen MR) is 53.6 cm³/mol. The minimum Gasteiger partial charge on any atom is -0.478 e. The molecule has 3 N–H and O–H groups in total. The van der Waals surface area contributed by atoms with Crippen molar-refractivity contribution in [2.45, 2.75) is 6.42 Å². The van der Waals surface area contributed by atoms with E-state index < -0.39 is 11.8 Å². The molecule has 0 heterocycles. The van der Waals surface area contributed by atoms with Gasteiger partial charge in [-0.3, -0.25) is 0 Å². The molecule has 0 saturated heterocycles. The van der Waals surface area contributed by atoms with E-state index in [0.717, 1.165) is 6.07 Å². The number of anilines is 1. The zero-order valence-corrected chi connectivity index (χ0v) is 8.03. The van der Waals surface area contributed by atoms with Crippen LogP contribution in [0.25, 0.3) is 0 Å². The molecule has 4 nitrogen and oxygen atoms in total. The van der Waals surface area contributed by atoms with Gasteiger partial charge >= 0.3 is 5.97 Å². The maximum atomic E-state index is 13.1. The highest BCUT2D eigenvalue weighted by Gasteiger charge is 2.09. The molecule has 0 saturated carbocycles. The largest absolute Gasteiger partial charge is 0.478 e. The fourth-order valence-corrected chi connectivity index (χ4v) is 1.11. The summed E-state index contributed by atoms with van der Waals surface area (Å²) in [4.78, 5) is 10.5. The molecule has 0 aliphatic rings. The summed E-state index contributed by atoms with van der Waals surface area (Å²) in [7, 11) is 0. The van der Waals surface area contributed by atoms with Crippen molar-refractivity contribution in [2.24, 2.45) is 0 Å². The normalized spacial score (nSPS) is 10.0.